The van der Waals surface area contributed by atoms with Gasteiger partial charge in [-0.1, -0.05) is 0 Å². The second-order valence-corrected chi connectivity index (χ2v) is 9.02. The third-order valence-electron chi connectivity index (χ3n) is 6.68. The van der Waals surface area contributed by atoms with Crippen LogP contribution in [0.5, 0.6) is 5.75 Å². The van der Waals surface area contributed by atoms with Crippen molar-refractivity contribution in [3.8, 4) is 11.8 Å². The van der Waals surface area contributed by atoms with E-state index >= 15 is 4.39 Å². The third-order valence-corrected chi connectivity index (χ3v) is 6.68. The summed E-state index contributed by atoms with van der Waals surface area (Å²) in [4.78, 5) is 23.3. The lowest BCUT2D eigenvalue weighted by molar-refractivity contribution is 0.0704. The van der Waals surface area contributed by atoms with Gasteiger partial charge in [0, 0.05) is 25.6 Å². The molecule has 36 heavy (non-hydrogen) atoms. The second kappa shape index (κ2) is 8.75. The molecule has 10 heteroatoms. The van der Waals surface area contributed by atoms with Crippen LogP contribution in [-0.4, -0.2) is 38.8 Å². The molecule has 1 amide bonds. The number of benzene rings is 2. The summed E-state index contributed by atoms with van der Waals surface area (Å²) >= 11 is 0. The lowest BCUT2D eigenvalue weighted by Crippen LogP contribution is -2.32. The molecular formula is C26H24F2N6O2. The molecule has 0 saturated heterocycles. The number of nitriles is 1. The molecule has 8 nitrogen and oxygen atoms in total. The first kappa shape index (κ1) is 23.5. The highest BCUT2D eigenvalue weighted by atomic mass is 19.1. The number of nitrogens with two attached hydrogens (primary N) is 1. The molecule has 6 rings (SSSR count). The first-order valence-electron chi connectivity index (χ1n) is 11.5. The molecule has 1 atom stereocenters. The van der Waals surface area contributed by atoms with Crippen molar-refractivity contribution in [3.63, 3.8) is 0 Å². The molecule has 2 N–H and O–H groups in total. The Morgan fingerprint density at radius 1 is 1.22 bits per heavy atom. The van der Waals surface area contributed by atoms with Gasteiger partial charge in [0.25, 0.3) is 5.91 Å². The average Bonchev–Trinajstić information content (AvgIpc) is 3.49. The number of halogens is 2. The summed E-state index contributed by atoms with van der Waals surface area (Å²) in [6.07, 6.45) is 3.52. The Balaban J connectivity index is 0.000000848. The maximum atomic E-state index is 15.0. The first-order valence-corrected chi connectivity index (χ1v) is 11.5. The lowest BCUT2D eigenvalue weighted by atomic mass is 10.0. The number of amides is 1. The van der Waals surface area contributed by atoms with Crippen LogP contribution >= 0.6 is 0 Å². The number of anilines is 1. The SMILES string of the molecule is CC#N.Cc1ncn2c1c(N)nc1cc(F)c(C(=O)N(C)C3COc4cc(C5CC5)c(F)cc43)cc12. The van der Waals surface area contributed by atoms with Crippen LogP contribution in [0, 0.1) is 29.9 Å². The van der Waals surface area contributed by atoms with Crippen molar-refractivity contribution >= 4 is 28.3 Å². The van der Waals surface area contributed by atoms with Crippen LogP contribution in [0.1, 0.15) is 58.9 Å². The van der Waals surface area contributed by atoms with Gasteiger partial charge in [-0.3, -0.25) is 9.20 Å². The molecule has 0 radical (unpaired) electrons. The summed E-state index contributed by atoms with van der Waals surface area (Å²) in [5.74, 6) is -0.472. The quantitative estimate of drug-likeness (QED) is 0.447. The summed E-state index contributed by atoms with van der Waals surface area (Å²) in [6.45, 7) is 3.41. The number of likely N-dealkylation sites (N-methyl/N-ethyl adjacent to an activating group) is 1. The fourth-order valence-corrected chi connectivity index (χ4v) is 4.70. The van der Waals surface area contributed by atoms with Crippen LogP contribution < -0.4 is 10.5 Å². The maximum absolute atomic E-state index is 15.0. The fourth-order valence-electron chi connectivity index (χ4n) is 4.70. The van der Waals surface area contributed by atoms with Crippen molar-refractivity contribution in [2.75, 3.05) is 19.4 Å². The monoisotopic (exact) mass is 490 g/mol. The molecule has 1 unspecified atom stereocenters. The Hall–Kier alpha value is -4.26. The summed E-state index contributed by atoms with van der Waals surface area (Å²) in [5.41, 5.74) is 9.29. The minimum Gasteiger partial charge on any atom is -0.491 e. The van der Waals surface area contributed by atoms with E-state index in [2.05, 4.69) is 9.97 Å². The molecule has 2 aromatic heterocycles. The molecule has 2 aromatic carbocycles. The van der Waals surface area contributed by atoms with Gasteiger partial charge in [0.2, 0.25) is 0 Å². The zero-order chi connectivity index (χ0) is 25.7. The normalized spacial score (nSPS) is 16.2. The first-order chi connectivity index (χ1) is 17.2. The zero-order valence-corrected chi connectivity index (χ0v) is 20.0. The molecule has 2 aliphatic rings. The molecule has 1 saturated carbocycles. The van der Waals surface area contributed by atoms with E-state index < -0.39 is 17.8 Å². The second-order valence-electron chi connectivity index (χ2n) is 9.02. The van der Waals surface area contributed by atoms with Gasteiger partial charge in [-0.15, -0.1) is 0 Å². The summed E-state index contributed by atoms with van der Waals surface area (Å²) in [5, 5.41) is 7.32. The van der Waals surface area contributed by atoms with Crippen molar-refractivity contribution in [3.05, 3.63) is 64.6 Å². The Kier molecular flexibility index (Phi) is 5.71. The van der Waals surface area contributed by atoms with Crippen molar-refractivity contribution in [1.82, 2.24) is 19.3 Å². The molecular weight excluding hydrogens is 466 g/mol. The van der Waals surface area contributed by atoms with E-state index in [9.17, 15) is 9.18 Å². The van der Waals surface area contributed by atoms with Crippen molar-refractivity contribution in [2.45, 2.75) is 38.6 Å². The van der Waals surface area contributed by atoms with Gasteiger partial charge >= 0.3 is 0 Å². The Labute approximate surface area is 205 Å². The van der Waals surface area contributed by atoms with Gasteiger partial charge in [-0.25, -0.2) is 18.7 Å². The molecule has 184 valence electrons. The largest absolute Gasteiger partial charge is 0.491 e. The van der Waals surface area contributed by atoms with Gasteiger partial charge in [-0.05, 0) is 49.4 Å². The number of fused-ring (bicyclic) bond motifs is 4. The maximum Gasteiger partial charge on any atom is 0.257 e. The molecule has 4 aromatic rings. The highest BCUT2D eigenvalue weighted by Gasteiger charge is 2.35. The number of nitrogens with zero attached hydrogens (tertiary/aromatic N) is 5. The van der Waals surface area contributed by atoms with Gasteiger partial charge in [0.15, 0.2) is 0 Å². The number of carbonyl (C=O) groups is 1. The summed E-state index contributed by atoms with van der Waals surface area (Å²) < 4.78 is 37.2. The van der Waals surface area contributed by atoms with E-state index in [4.69, 9.17) is 15.7 Å². The van der Waals surface area contributed by atoms with E-state index in [0.717, 1.165) is 12.8 Å². The van der Waals surface area contributed by atoms with Gasteiger partial charge in [0.1, 0.15) is 41.7 Å². The smallest absolute Gasteiger partial charge is 0.257 e. The Morgan fingerprint density at radius 3 is 2.64 bits per heavy atom. The standard InChI is InChI=1S/C24H21F2N5O2.C2H3N/c1-11-22-23(27)29-18-8-17(26)14(6-19(18)31(22)10-28-11)24(32)30(2)20-9-33-21-7-13(12-3-4-12)16(25)5-15(20)21;1-2-3/h5-8,10,12,20H,3-4,9H2,1-2H3,(H2,27,29);1H3. The molecule has 1 aliphatic carbocycles. The van der Waals surface area contributed by atoms with E-state index in [-0.39, 0.29) is 29.7 Å². The zero-order valence-electron chi connectivity index (χ0n) is 20.0. The molecule has 3 heterocycles. The topological polar surface area (TPSA) is 110 Å². The third kappa shape index (κ3) is 3.77. The number of rotatable bonds is 3. The molecule has 0 bridgehead atoms. The van der Waals surface area contributed by atoms with Crippen LogP contribution in [0.25, 0.3) is 16.6 Å². The van der Waals surface area contributed by atoms with Crippen LogP contribution in [0.15, 0.2) is 30.6 Å². The fraction of sp³-hybridized carbons (Fsp3) is 0.308. The minimum absolute atomic E-state index is 0.118. The number of ether oxygens (including phenoxy) is 1. The molecule has 0 spiro atoms. The van der Waals surface area contributed by atoms with Crippen molar-refractivity contribution in [1.29, 1.82) is 5.26 Å². The highest BCUT2D eigenvalue weighted by Crippen LogP contribution is 2.46. The van der Waals surface area contributed by atoms with E-state index in [1.165, 1.54) is 30.0 Å². The van der Waals surface area contributed by atoms with E-state index in [1.54, 1.807) is 36.8 Å². The van der Waals surface area contributed by atoms with Crippen molar-refractivity contribution in [2.24, 2.45) is 0 Å². The lowest BCUT2D eigenvalue weighted by Gasteiger charge is -2.24. The number of nitrogen functional groups attached to an aromatic ring is 1. The summed E-state index contributed by atoms with van der Waals surface area (Å²) in [6, 6.07) is 7.07. The minimum atomic E-state index is -0.711. The highest BCUT2D eigenvalue weighted by molar-refractivity contribution is 5.98. The molecule has 1 fully saturated rings. The number of hydrogen-bond donors (Lipinski definition) is 1. The van der Waals surface area contributed by atoms with Gasteiger partial charge in [0.05, 0.1) is 34.4 Å². The van der Waals surface area contributed by atoms with Gasteiger partial charge < -0.3 is 15.4 Å². The Morgan fingerprint density at radius 2 is 1.94 bits per heavy atom. The van der Waals surface area contributed by atoms with E-state index in [1.807, 2.05) is 0 Å². The van der Waals surface area contributed by atoms with Crippen LogP contribution in [0.3, 0.4) is 0 Å². The van der Waals surface area contributed by atoms with Crippen LogP contribution in [0.2, 0.25) is 0 Å². The number of aromatic nitrogens is 3. The number of carbonyl (C=O) groups excluding carboxylic acids is 1. The number of aryl methyl sites for hydroxylation is 1. The number of imidazole rings is 1. The summed E-state index contributed by atoms with van der Waals surface area (Å²) in [7, 11) is 1.57. The average molecular weight is 491 g/mol. The predicted molar refractivity (Wildman–Crippen MR) is 130 cm³/mol. The molecule has 1 aliphatic heterocycles. The number of hydrogen-bond acceptors (Lipinski definition) is 6. The van der Waals surface area contributed by atoms with E-state index in [0.29, 0.717) is 39.1 Å². The van der Waals surface area contributed by atoms with Crippen molar-refractivity contribution < 1.29 is 18.3 Å². The van der Waals surface area contributed by atoms with Crippen LogP contribution in [-0.2, 0) is 0 Å². The van der Waals surface area contributed by atoms with Gasteiger partial charge in [-0.2, -0.15) is 5.26 Å². The Bertz CT molecular complexity index is 1570. The van der Waals surface area contributed by atoms with Crippen LogP contribution in [0.4, 0.5) is 14.6 Å². The predicted octanol–water partition coefficient (Wildman–Crippen LogP) is 4.66.